The Kier molecular flexibility index (Phi) is 7.60. The number of fused-ring (bicyclic) bond motifs is 8. The largest absolute Gasteiger partial charge is 0.208 e. The Morgan fingerprint density at radius 2 is 1.36 bits per heavy atom. The Morgan fingerprint density at radius 1 is 0.655 bits per heavy atom. The number of hydrogen-bond acceptors (Lipinski definition) is 3. The maximum Gasteiger partial charge on any atom is 0.164 e. The SMILES string of the molecule is C=CC1=C(/C=C\C)C2(c3ccccc31)c1ccccc1-c1c2c2cccc3c(-c4nc(C5=CCCC=C5)nc(-c5ccccc5)n4)cc(C=C)c(/c1=C\C)c32. The molecule has 0 N–H and O–H groups in total. The average Bonchev–Trinajstić information content (AvgIpc) is 3.71. The Hall–Kier alpha value is -6.71. The molecule has 3 aliphatic rings. The summed E-state index contributed by atoms with van der Waals surface area (Å²) < 4.78 is 0. The highest BCUT2D eigenvalue weighted by molar-refractivity contribution is 6.22. The van der Waals surface area contributed by atoms with E-state index in [4.69, 9.17) is 15.0 Å². The smallest absolute Gasteiger partial charge is 0.164 e. The van der Waals surface area contributed by atoms with Crippen LogP contribution in [0.5, 0.6) is 0 Å². The van der Waals surface area contributed by atoms with E-state index in [0.29, 0.717) is 17.5 Å². The van der Waals surface area contributed by atoms with Crippen LogP contribution in [-0.4, -0.2) is 15.0 Å². The fourth-order valence-electron chi connectivity index (χ4n) is 9.67. The third-order valence-corrected chi connectivity index (χ3v) is 11.7. The molecule has 1 atom stereocenters. The molecule has 0 fully saturated rings. The molecular formula is C52H39N3. The number of rotatable bonds is 6. The van der Waals surface area contributed by atoms with Crippen LogP contribution in [0, 0.1) is 0 Å². The van der Waals surface area contributed by atoms with Crippen LogP contribution in [0.3, 0.4) is 0 Å². The second kappa shape index (κ2) is 12.7. The molecule has 3 aliphatic carbocycles. The lowest BCUT2D eigenvalue weighted by molar-refractivity contribution is 0.793. The summed E-state index contributed by atoms with van der Waals surface area (Å²) in [5, 5.41) is 5.92. The van der Waals surface area contributed by atoms with Crippen LogP contribution in [-0.2, 0) is 5.41 Å². The maximum atomic E-state index is 5.25. The average molecular weight is 706 g/mol. The van der Waals surface area contributed by atoms with Gasteiger partial charge in [0.2, 0.25) is 0 Å². The summed E-state index contributed by atoms with van der Waals surface area (Å²) in [4.78, 5) is 15.5. The molecule has 3 nitrogen and oxygen atoms in total. The number of allylic oxidation sites excluding steroid dienone is 9. The van der Waals surface area contributed by atoms with Crippen molar-refractivity contribution in [2.24, 2.45) is 0 Å². The quantitative estimate of drug-likeness (QED) is 0.173. The van der Waals surface area contributed by atoms with E-state index in [1.54, 1.807) is 0 Å². The van der Waals surface area contributed by atoms with Crippen molar-refractivity contribution in [2.45, 2.75) is 32.1 Å². The predicted octanol–water partition coefficient (Wildman–Crippen LogP) is 12.3. The van der Waals surface area contributed by atoms with Gasteiger partial charge in [0.05, 0.1) is 5.41 Å². The van der Waals surface area contributed by atoms with Gasteiger partial charge in [-0.05, 0) is 110 Å². The van der Waals surface area contributed by atoms with E-state index in [1.807, 2.05) is 30.4 Å². The van der Waals surface area contributed by atoms with Crippen LogP contribution in [0.4, 0.5) is 0 Å². The van der Waals surface area contributed by atoms with E-state index in [0.717, 1.165) is 40.5 Å². The molecule has 1 heterocycles. The van der Waals surface area contributed by atoms with Gasteiger partial charge in [-0.2, -0.15) is 0 Å². The van der Waals surface area contributed by atoms with Gasteiger partial charge in [-0.15, -0.1) is 0 Å². The zero-order valence-electron chi connectivity index (χ0n) is 31.1. The highest BCUT2D eigenvalue weighted by Gasteiger charge is 2.53. The number of benzene rings is 6. The van der Waals surface area contributed by atoms with Gasteiger partial charge < -0.3 is 0 Å². The Morgan fingerprint density at radius 3 is 2.09 bits per heavy atom. The summed E-state index contributed by atoms with van der Waals surface area (Å²) in [5.41, 5.74) is 13.5. The van der Waals surface area contributed by atoms with Gasteiger partial charge in [-0.1, -0.05) is 159 Å². The molecule has 6 aromatic carbocycles. The summed E-state index contributed by atoms with van der Waals surface area (Å²) in [6.07, 6.45) is 19.4. The highest BCUT2D eigenvalue weighted by Crippen LogP contribution is 2.63. The Bertz CT molecular complexity index is 2970. The maximum absolute atomic E-state index is 5.25. The van der Waals surface area contributed by atoms with Crippen molar-refractivity contribution in [3.63, 3.8) is 0 Å². The molecule has 1 unspecified atom stereocenters. The van der Waals surface area contributed by atoms with Crippen LogP contribution < -0.4 is 5.22 Å². The first-order chi connectivity index (χ1) is 27.1. The predicted molar refractivity (Wildman–Crippen MR) is 231 cm³/mol. The molecule has 1 spiro atoms. The standard InChI is InChI=1S/C52H39N3/c1-5-20-42-35(7-3)37-25-15-17-29-43(37)52(42)44-30-18-16-26-39(44)47-36(8-4)45-32(6-2)31-41(38-27-19-28-40(46(38)45)48(47)52)51-54-49(33-21-11-9-12-22-33)53-50(55-51)34-23-13-10-14-24-34/h5-9,11-13,15-31H,2-3,10,14H2,1,4H3/b20-5-,36-8+. The first-order valence-electron chi connectivity index (χ1n) is 19.2. The zero-order valence-corrected chi connectivity index (χ0v) is 31.1. The number of aromatic nitrogens is 3. The molecular weight excluding hydrogens is 667 g/mol. The van der Waals surface area contributed by atoms with Crippen LogP contribution in [0.25, 0.3) is 78.7 Å². The number of hydrogen-bond donors (Lipinski definition) is 0. The van der Waals surface area contributed by atoms with Gasteiger partial charge in [-0.25, -0.2) is 15.0 Å². The third-order valence-electron chi connectivity index (χ3n) is 11.7. The van der Waals surface area contributed by atoms with Crippen molar-refractivity contribution < 1.29 is 0 Å². The Balaban J connectivity index is 1.38. The molecule has 262 valence electrons. The topological polar surface area (TPSA) is 38.7 Å². The second-order valence-electron chi connectivity index (χ2n) is 14.5. The van der Waals surface area contributed by atoms with Crippen molar-refractivity contribution in [1.82, 2.24) is 15.0 Å². The molecule has 0 radical (unpaired) electrons. The monoisotopic (exact) mass is 705 g/mol. The van der Waals surface area contributed by atoms with Gasteiger partial charge in [0.15, 0.2) is 17.5 Å². The molecule has 0 bridgehead atoms. The second-order valence-corrected chi connectivity index (χ2v) is 14.5. The lowest BCUT2D eigenvalue weighted by Crippen LogP contribution is -2.28. The normalized spacial score (nSPS) is 17.3. The van der Waals surface area contributed by atoms with Crippen molar-refractivity contribution in [1.29, 1.82) is 0 Å². The zero-order chi connectivity index (χ0) is 37.3. The number of nitrogens with zero attached hydrogens (tertiary/aromatic N) is 3. The molecule has 55 heavy (non-hydrogen) atoms. The summed E-state index contributed by atoms with van der Waals surface area (Å²) >= 11 is 0. The van der Waals surface area contributed by atoms with E-state index < -0.39 is 5.41 Å². The summed E-state index contributed by atoms with van der Waals surface area (Å²) in [5.74, 6) is 1.99. The van der Waals surface area contributed by atoms with Crippen LogP contribution in [0.1, 0.15) is 60.3 Å². The summed E-state index contributed by atoms with van der Waals surface area (Å²) in [6, 6.07) is 37.2. The van der Waals surface area contributed by atoms with Crippen molar-refractivity contribution in [3.8, 4) is 33.9 Å². The van der Waals surface area contributed by atoms with Crippen LogP contribution in [0.2, 0.25) is 0 Å². The fourth-order valence-corrected chi connectivity index (χ4v) is 9.67. The summed E-state index contributed by atoms with van der Waals surface area (Å²) in [6.45, 7) is 13.1. The van der Waals surface area contributed by atoms with E-state index in [1.165, 1.54) is 65.9 Å². The van der Waals surface area contributed by atoms with E-state index in [-0.39, 0.29) is 0 Å². The molecule has 10 rings (SSSR count). The minimum atomic E-state index is -0.552. The molecule has 0 saturated heterocycles. The van der Waals surface area contributed by atoms with Crippen molar-refractivity contribution in [3.05, 3.63) is 197 Å². The third kappa shape index (κ3) is 4.53. The molecule has 0 aliphatic heterocycles. The van der Waals surface area contributed by atoms with Crippen molar-refractivity contribution in [2.75, 3.05) is 0 Å². The first kappa shape index (κ1) is 32.9. The molecule has 0 saturated carbocycles. The van der Waals surface area contributed by atoms with Gasteiger partial charge >= 0.3 is 0 Å². The van der Waals surface area contributed by atoms with Gasteiger partial charge in [0.1, 0.15) is 0 Å². The van der Waals surface area contributed by atoms with Gasteiger partial charge in [-0.3, -0.25) is 0 Å². The van der Waals surface area contributed by atoms with E-state index >= 15 is 0 Å². The van der Waals surface area contributed by atoms with E-state index in [2.05, 4.69) is 148 Å². The lowest BCUT2D eigenvalue weighted by Gasteiger charge is -2.33. The van der Waals surface area contributed by atoms with Crippen LogP contribution in [0.15, 0.2) is 158 Å². The van der Waals surface area contributed by atoms with Gasteiger partial charge in [0, 0.05) is 16.7 Å². The van der Waals surface area contributed by atoms with Gasteiger partial charge in [0.25, 0.3) is 0 Å². The molecule has 3 heteroatoms. The van der Waals surface area contributed by atoms with E-state index in [9.17, 15) is 0 Å². The molecule has 7 aromatic rings. The minimum absolute atomic E-state index is 0.552. The van der Waals surface area contributed by atoms with Crippen LogP contribution >= 0.6 is 0 Å². The Labute approximate surface area is 321 Å². The van der Waals surface area contributed by atoms with Crippen molar-refractivity contribution >= 4 is 44.8 Å². The first-order valence-corrected chi connectivity index (χ1v) is 19.2. The lowest BCUT2D eigenvalue weighted by atomic mass is 9.68. The molecule has 0 amide bonds. The molecule has 1 aromatic heterocycles. The summed E-state index contributed by atoms with van der Waals surface area (Å²) in [7, 11) is 0. The highest BCUT2D eigenvalue weighted by atomic mass is 15.0. The fraction of sp³-hybridized carbons (Fsp3) is 0.0962. The minimum Gasteiger partial charge on any atom is -0.208 e.